The predicted octanol–water partition coefficient (Wildman–Crippen LogP) is 3.68. The van der Waals surface area contributed by atoms with Crippen LogP contribution in [-0.2, 0) is 4.79 Å². The number of hydrogen-bond donors (Lipinski definition) is 1. The second kappa shape index (κ2) is 11.1. The lowest BCUT2D eigenvalue weighted by Crippen LogP contribution is -2.08. The Morgan fingerprint density at radius 2 is 1.88 bits per heavy atom. The van der Waals surface area contributed by atoms with Gasteiger partial charge in [0.15, 0.2) is 0 Å². The molecule has 0 spiro atoms. The van der Waals surface area contributed by atoms with E-state index in [9.17, 15) is 4.79 Å². The van der Waals surface area contributed by atoms with Crippen LogP contribution in [0.5, 0.6) is 0 Å². The molecular weight excluding hydrogens is 198 g/mol. The molecular formula is C14H29NO. The van der Waals surface area contributed by atoms with E-state index in [0.29, 0.717) is 11.7 Å². The number of ketones is 1. The van der Waals surface area contributed by atoms with Crippen LogP contribution in [0, 0.1) is 5.92 Å². The van der Waals surface area contributed by atoms with E-state index in [4.69, 9.17) is 5.73 Å². The first kappa shape index (κ1) is 15.6. The van der Waals surface area contributed by atoms with Crippen LogP contribution in [0.15, 0.2) is 0 Å². The van der Waals surface area contributed by atoms with E-state index < -0.39 is 0 Å². The first-order valence-electron chi connectivity index (χ1n) is 6.96. The summed E-state index contributed by atoms with van der Waals surface area (Å²) in [6.07, 6.45) is 9.63. The lowest BCUT2D eigenvalue weighted by atomic mass is 9.92. The van der Waals surface area contributed by atoms with Gasteiger partial charge in [-0.15, -0.1) is 0 Å². The summed E-state index contributed by atoms with van der Waals surface area (Å²) in [4.78, 5) is 11.7. The molecule has 1 atom stereocenters. The molecule has 0 saturated carbocycles. The van der Waals surface area contributed by atoms with Crippen LogP contribution in [-0.4, -0.2) is 12.3 Å². The van der Waals surface area contributed by atoms with Crippen molar-refractivity contribution in [1.82, 2.24) is 0 Å². The van der Waals surface area contributed by atoms with Gasteiger partial charge in [0, 0.05) is 12.8 Å². The average molecular weight is 227 g/mol. The second-order valence-electron chi connectivity index (χ2n) is 4.76. The van der Waals surface area contributed by atoms with Crippen molar-refractivity contribution in [2.24, 2.45) is 11.7 Å². The summed E-state index contributed by atoms with van der Waals surface area (Å²) >= 11 is 0. The molecule has 96 valence electrons. The van der Waals surface area contributed by atoms with Crippen molar-refractivity contribution in [1.29, 1.82) is 0 Å². The summed E-state index contributed by atoms with van der Waals surface area (Å²) in [6.45, 7) is 5.16. The van der Waals surface area contributed by atoms with Crippen LogP contribution in [0.25, 0.3) is 0 Å². The number of carbonyl (C=O) groups is 1. The van der Waals surface area contributed by atoms with Gasteiger partial charge >= 0.3 is 0 Å². The molecule has 2 nitrogen and oxygen atoms in total. The Morgan fingerprint density at radius 1 is 1.12 bits per heavy atom. The number of unbranched alkanes of at least 4 members (excludes halogenated alkanes) is 3. The normalized spacial score (nSPS) is 12.7. The maximum atomic E-state index is 11.7. The van der Waals surface area contributed by atoms with Gasteiger partial charge in [0.2, 0.25) is 0 Å². The lowest BCUT2D eigenvalue weighted by Gasteiger charge is -2.13. The molecule has 0 aromatic heterocycles. The number of nitrogens with two attached hydrogens (primary N) is 1. The smallest absolute Gasteiger partial charge is 0.133 e. The van der Waals surface area contributed by atoms with Crippen LogP contribution in [0.4, 0.5) is 0 Å². The van der Waals surface area contributed by atoms with Gasteiger partial charge in [-0.3, -0.25) is 4.79 Å². The SMILES string of the molecule is CCCCC(CC)CC(=O)CCCCCN. The first-order chi connectivity index (χ1) is 7.74. The largest absolute Gasteiger partial charge is 0.330 e. The molecule has 0 fully saturated rings. The van der Waals surface area contributed by atoms with Crippen LogP contribution in [0.3, 0.4) is 0 Å². The lowest BCUT2D eigenvalue weighted by molar-refractivity contribution is -0.120. The zero-order valence-electron chi connectivity index (χ0n) is 11.1. The summed E-state index contributed by atoms with van der Waals surface area (Å²) in [5, 5.41) is 0. The van der Waals surface area contributed by atoms with E-state index in [2.05, 4.69) is 13.8 Å². The third kappa shape index (κ3) is 8.90. The zero-order valence-corrected chi connectivity index (χ0v) is 11.1. The minimum absolute atomic E-state index is 0.458. The molecule has 0 bridgehead atoms. The monoisotopic (exact) mass is 227 g/mol. The maximum Gasteiger partial charge on any atom is 0.133 e. The van der Waals surface area contributed by atoms with Crippen molar-refractivity contribution in [3.63, 3.8) is 0 Å². The first-order valence-corrected chi connectivity index (χ1v) is 6.96. The Labute approximate surface area is 101 Å². The molecule has 0 aliphatic rings. The summed E-state index contributed by atoms with van der Waals surface area (Å²) in [5.41, 5.74) is 5.42. The van der Waals surface area contributed by atoms with Gasteiger partial charge in [-0.05, 0) is 25.3 Å². The molecule has 1 unspecified atom stereocenters. The van der Waals surface area contributed by atoms with Gasteiger partial charge in [-0.1, -0.05) is 46.0 Å². The third-order valence-electron chi connectivity index (χ3n) is 3.22. The van der Waals surface area contributed by atoms with Crippen molar-refractivity contribution in [3.05, 3.63) is 0 Å². The number of hydrogen-bond acceptors (Lipinski definition) is 2. The van der Waals surface area contributed by atoms with E-state index in [1.165, 1.54) is 19.3 Å². The standard InChI is InChI=1S/C14H29NO/c1-3-5-9-13(4-2)12-14(16)10-7-6-8-11-15/h13H,3-12,15H2,1-2H3. The fourth-order valence-electron chi connectivity index (χ4n) is 2.01. The second-order valence-corrected chi connectivity index (χ2v) is 4.76. The van der Waals surface area contributed by atoms with Crippen molar-refractivity contribution >= 4 is 5.78 Å². The average Bonchev–Trinajstić information content (AvgIpc) is 2.30. The summed E-state index contributed by atoms with van der Waals surface area (Å²) in [7, 11) is 0. The molecule has 0 heterocycles. The zero-order chi connectivity index (χ0) is 12.2. The van der Waals surface area contributed by atoms with Crippen LogP contribution < -0.4 is 5.73 Å². The molecule has 0 aromatic rings. The molecule has 2 N–H and O–H groups in total. The highest BCUT2D eigenvalue weighted by Crippen LogP contribution is 2.18. The van der Waals surface area contributed by atoms with Crippen LogP contribution in [0.2, 0.25) is 0 Å². The Bertz CT molecular complexity index is 168. The fraction of sp³-hybridized carbons (Fsp3) is 0.929. The molecule has 2 heteroatoms. The van der Waals surface area contributed by atoms with Gasteiger partial charge in [-0.25, -0.2) is 0 Å². The van der Waals surface area contributed by atoms with Crippen molar-refractivity contribution in [3.8, 4) is 0 Å². The van der Waals surface area contributed by atoms with Gasteiger partial charge in [0.25, 0.3) is 0 Å². The van der Waals surface area contributed by atoms with Crippen molar-refractivity contribution in [2.75, 3.05) is 6.54 Å². The van der Waals surface area contributed by atoms with Crippen LogP contribution in [0.1, 0.15) is 71.6 Å². The number of carbonyl (C=O) groups excluding carboxylic acids is 1. The minimum Gasteiger partial charge on any atom is -0.330 e. The Kier molecular flexibility index (Phi) is 10.9. The molecule has 0 saturated heterocycles. The van der Waals surface area contributed by atoms with E-state index >= 15 is 0 Å². The topological polar surface area (TPSA) is 43.1 Å². The highest BCUT2D eigenvalue weighted by atomic mass is 16.1. The van der Waals surface area contributed by atoms with Gasteiger partial charge in [-0.2, -0.15) is 0 Å². The number of rotatable bonds is 11. The fourth-order valence-corrected chi connectivity index (χ4v) is 2.01. The molecule has 0 aromatic carbocycles. The Morgan fingerprint density at radius 3 is 2.44 bits per heavy atom. The summed E-state index contributed by atoms with van der Waals surface area (Å²) in [6, 6.07) is 0. The molecule has 0 radical (unpaired) electrons. The van der Waals surface area contributed by atoms with E-state index in [1.54, 1.807) is 0 Å². The van der Waals surface area contributed by atoms with Gasteiger partial charge in [0.05, 0.1) is 0 Å². The molecule has 0 aliphatic carbocycles. The van der Waals surface area contributed by atoms with Gasteiger partial charge in [0.1, 0.15) is 5.78 Å². The highest BCUT2D eigenvalue weighted by Gasteiger charge is 2.11. The predicted molar refractivity (Wildman–Crippen MR) is 70.5 cm³/mol. The van der Waals surface area contributed by atoms with E-state index in [-0.39, 0.29) is 0 Å². The van der Waals surface area contributed by atoms with E-state index in [0.717, 1.165) is 45.1 Å². The number of Topliss-reactive ketones (excluding diaryl/α,β-unsaturated/α-hetero) is 1. The highest BCUT2D eigenvalue weighted by molar-refractivity contribution is 5.78. The Hall–Kier alpha value is -0.370. The molecule has 16 heavy (non-hydrogen) atoms. The third-order valence-corrected chi connectivity index (χ3v) is 3.22. The maximum absolute atomic E-state index is 11.7. The van der Waals surface area contributed by atoms with Crippen LogP contribution >= 0.6 is 0 Å². The minimum atomic E-state index is 0.458. The summed E-state index contributed by atoms with van der Waals surface area (Å²) < 4.78 is 0. The summed E-state index contributed by atoms with van der Waals surface area (Å²) in [5.74, 6) is 1.09. The van der Waals surface area contributed by atoms with E-state index in [1.807, 2.05) is 0 Å². The molecule has 0 amide bonds. The molecule has 0 rings (SSSR count). The van der Waals surface area contributed by atoms with Crippen molar-refractivity contribution in [2.45, 2.75) is 71.6 Å². The quantitative estimate of drug-likeness (QED) is 0.547. The van der Waals surface area contributed by atoms with Gasteiger partial charge < -0.3 is 5.73 Å². The van der Waals surface area contributed by atoms with Crippen molar-refractivity contribution < 1.29 is 4.79 Å². The Balaban J connectivity index is 3.57. The molecule has 0 aliphatic heterocycles.